The zero-order valence-electron chi connectivity index (χ0n) is 11.4. The first kappa shape index (κ1) is 12.9. The number of hydrogen-bond donors (Lipinski definition) is 1. The van der Waals surface area contributed by atoms with Crippen LogP contribution in [0.4, 0.5) is 0 Å². The number of aryl methyl sites for hydroxylation is 2. The molecule has 0 radical (unpaired) electrons. The van der Waals surface area contributed by atoms with Crippen molar-refractivity contribution in [3.63, 3.8) is 0 Å². The Morgan fingerprint density at radius 1 is 1.05 bits per heavy atom. The fourth-order valence-electron chi connectivity index (χ4n) is 2.18. The van der Waals surface area contributed by atoms with Crippen molar-refractivity contribution >= 4 is 11.3 Å². The fraction of sp³-hybridized carbons (Fsp3) is 0.118. The first-order chi connectivity index (χ1) is 9.63. The van der Waals surface area contributed by atoms with E-state index < -0.39 is 0 Å². The number of hydrogen-bond acceptors (Lipinski definition) is 3. The van der Waals surface area contributed by atoms with Crippen molar-refractivity contribution < 1.29 is 5.11 Å². The van der Waals surface area contributed by atoms with Gasteiger partial charge in [0.05, 0.1) is 5.69 Å². The molecule has 3 heteroatoms. The van der Waals surface area contributed by atoms with Gasteiger partial charge in [-0.3, -0.25) is 0 Å². The summed E-state index contributed by atoms with van der Waals surface area (Å²) in [5.74, 6) is 0.269. The van der Waals surface area contributed by atoms with Crippen molar-refractivity contribution in [2.24, 2.45) is 0 Å². The van der Waals surface area contributed by atoms with E-state index in [4.69, 9.17) is 4.98 Å². The summed E-state index contributed by atoms with van der Waals surface area (Å²) >= 11 is 1.60. The normalized spacial score (nSPS) is 10.7. The monoisotopic (exact) mass is 281 g/mol. The molecule has 0 aliphatic rings. The lowest BCUT2D eigenvalue weighted by Crippen LogP contribution is -1.85. The van der Waals surface area contributed by atoms with Crippen molar-refractivity contribution in [1.29, 1.82) is 0 Å². The summed E-state index contributed by atoms with van der Waals surface area (Å²) in [4.78, 5) is 4.70. The standard InChI is InChI=1S/C17H15NOS/c1-11-6-7-12(2)15(8-11)16-10-20-17(18-16)13-4-3-5-14(19)9-13/h3-10,19H,1-2H3. The molecule has 0 bridgehead atoms. The van der Waals surface area contributed by atoms with Crippen LogP contribution in [0.25, 0.3) is 21.8 Å². The van der Waals surface area contributed by atoms with E-state index in [1.807, 2.05) is 12.1 Å². The molecule has 0 atom stereocenters. The number of nitrogens with zero attached hydrogens (tertiary/aromatic N) is 1. The highest BCUT2D eigenvalue weighted by Gasteiger charge is 2.09. The molecular formula is C17H15NOS. The minimum absolute atomic E-state index is 0.269. The Morgan fingerprint density at radius 3 is 2.70 bits per heavy atom. The summed E-state index contributed by atoms with van der Waals surface area (Å²) in [5, 5.41) is 12.6. The molecule has 100 valence electrons. The highest BCUT2D eigenvalue weighted by molar-refractivity contribution is 7.13. The number of aromatic nitrogens is 1. The first-order valence-corrected chi connectivity index (χ1v) is 7.34. The lowest BCUT2D eigenvalue weighted by Gasteiger charge is -2.03. The number of benzene rings is 2. The van der Waals surface area contributed by atoms with Crippen LogP contribution in [0.1, 0.15) is 11.1 Å². The summed E-state index contributed by atoms with van der Waals surface area (Å²) in [6.07, 6.45) is 0. The van der Waals surface area contributed by atoms with Crippen molar-refractivity contribution in [1.82, 2.24) is 4.98 Å². The second-order valence-electron chi connectivity index (χ2n) is 4.91. The quantitative estimate of drug-likeness (QED) is 0.732. The molecule has 0 aliphatic heterocycles. The minimum atomic E-state index is 0.269. The van der Waals surface area contributed by atoms with Gasteiger partial charge in [-0.2, -0.15) is 0 Å². The lowest BCUT2D eigenvalue weighted by atomic mass is 10.0. The molecule has 2 nitrogen and oxygen atoms in total. The molecule has 0 aliphatic carbocycles. The van der Waals surface area contributed by atoms with Crippen LogP contribution >= 0.6 is 11.3 Å². The predicted octanol–water partition coefficient (Wildman–Crippen LogP) is 4.80. The summed E-state index contributed by atoms with van der Waals surface area (Å²) in [6, 6.07) is 13.6. The van der Waals surface area contributed by atoms with Gasteiger partial charge in [0.1, 0.15) is 10.8 Å². The SMILES string of the molecule is Cc1ccc(C)c(-c2csc(-c3cccc(O)c3)n2)c1. The van der Waals surface area contributed by atoms with Crippen molar-refractivity contribution in [2.75, 3.05) is 0 Å². The third-order valence-corrected chi connectivity index (χ3v) is 4.16. The van der Waals surface area contributed by atoms with E-state index in [2.05, 4.69) is 37.4 Å². The zero-order chi connectivity index (χ0) is 14.1. The number of phenolic OH excluding ortho intramolecular Hbond substituents is 1. The van der Waals surface area contributed by atoms with E-state index in [0.29, 0.717) is 0 Å². The molecule has 0 saturated carbocycles. The van der Waals surface area contributed by atoms with Crippen molar-refractivity contribution in [3.05, 3.63) is 59.0 Å². The average molecular weight is 281 g/mol. The summed E-state index contributed by atoms with van der Waals surface area (Å²) < 4.78 is 0. The van der Waals surface area contributed by atoms with Crippen LogP contribution in [0.2, 0.25) is 0 Å². The Bertz CT molecular complexity index is 761. The number of phenols is 1. The van der Waals surface area contributed by atoms with Crippen molar-refractivity contribution in [3.8, 4) is 27.6 Å². The third kappa shape index (κ3) is 2.45. The molecule has 1 aromatic heterocycles. The molecule has 0 amide bonds. The van der Waals surface area contributed by atoms with E-state index >= 15 is 0 Å². The Kier molecular flexibility index (Phi) is 3.28. The maximum atomic E-state index is 9.56. The van der Waals surface area contributed by atoms with Crippen molar-refractivity contribution in [2.45, 2.75) is 13.8 Å². The van der Waals surface area contributed by atoms with E-state index in [-0.39, 0.29) is 5.75 Å². The van der Waals surface area contributed by atoms with E-state index in [1.165, 1.54) is 16.7 Å². The van der Waals surface area contributed by atoms with Gasteiger partial charge >= 0.3 is 0 Å². The largest absolute Gasteiger partial charge is 0.508 e. The maximum absolute atomic E-state index is 9.56. The Morgan fingerprint density at radius 2 is 1.90 bits per heavy atom. The lowest BCUT2D eigenvalue weighted by molar-refractivity contribution is 0.475. The smallest absolute Gasteiger partial charge is 0.124 e. The molecule has 0 unspecified atom stereocenters. The molecule has 0 spiro atoms. The van der Waals surface area contributed by atoms with Gasteiger partial charge in [-0.15, -0.1) is 11.3 Å². The maximum Gasteiger partial charge on any atom is 0.124 e. The molecule has 2 aromatic carbocycles. The van der Waals surface area contributed by atoms with Gasteiger partial charge in [0.2, 0.25) is 0 Å². The Balaban J connectivity index is 2.04. The molecule has 0 fully saturated rings. The molecule has 20 heavy (non-hydrogen) atoms. The topological polar surface area (TPSA) is 33.1 Å². The summed E-state index contributed by atoms with van der Waals surface area (Å²) in [6.45, 7) is 4.19. The van der Waals surface area contributed by atoms with Crippen LogP contribution in [0.15, 0.2) is 47.8 Å². The Labute approximate surface area is 122 Å². The van der Waals surface area contributed by atoms with Gasteiger partial charge in [0.25, 0.3) is 0 Å². The number of aromatic hydroxyl groups is 1. The summed E-state index contributed by atoms with van der Waals surface area (Å²) in [5.41, 5.74) is 5.58. The summed E-state index contributed by atoms with van der Waals surface area (Å²) in [7, 11) is 0. The highest BCUT2D eigenvalue weighted by Crippen LogP contribution is 2.32. The van der Waals surface area contributed by atoms with E-state index in [9.17, 15) is 5.11 Å². The van der Waals surface area contributed by atoms with Gasteiger partial charge in [-0.25, -0.2) is 4.98 Å². The average Bonchev–Trinajstić information content (AvgIpc) is 2.91. The molecule has 1 heterocycles. The molecule has 3 rings (SSSR count). The second-order valence-corrected chi connectivity index (χ2v) is 5.76. The van der Waals surface area contributed by atoms with Gasteiger partial charge in [-0.05, 0) is 37.6 Å². The van der Waals surface area contributed by atoms with Crippen LogP contribution in [0.5, 0.6) is 5.75 Å². The second kappa shape index (κ2) is 5.10. The van der Waals surface area contributed by atoms with Crippen LogP contribution in [-0.4, -0.2) is 10.1 Å². The van der Waals surface area contributed by atoms with Crippen LogP contribution in [0.3, 0.4) is 0 Å². The third-order valence-electron chi connectivity index (χ3n) is 3.27. The predicted molar refractivity (Wildman–Crippen MR) is 84.1 cm³/mol. The highest BCUT2D eigenvalue weighted by atomic mass is 32.1. The van der Waals surface area contributed by atoms with Crippen LogP contribution in [0, 0.1) is 13.8 Å². The first-order valence-electron chi connectivity index (χ1n) is 6.46. The van der Waals surface area contributed by atoms with Crippen LogP contribution < -0.4 is 0 Å². The molecular weight excluding hydrogens is 266 g/mol. The zero-order valence-corrected chi connectivity index (χ0v) is 12.2. The van der Waals surface area contributed by atoms with E-state index in [1.54, 1.807) is 23.5 Å². The van der Waals surface area contributed by atoms with Gasteiger partial charge in [-0.1, -0.05) is 29.8 Å². The molecule has 3 aromatic rings. The van der Waals surface area contributed by atoms with Gasteiger partial charge in [0, 0.05) is 16.5 Å². The van der Waals surface area contributed by atoms with Gasteiger partial charge in [0.15, 0.2) is 0 Å². The van der Waals surface area contributed by atoms with Crippen LogP contribution in [-0.2, 0) is 0 Å². The fourth-order valence-corrected chi connectivity index (χ4v) is 3.00. The molecule has 0 saturated heterocycles. The van der Waals surface area contributed by atoms with Gasteiger partial charge < -0.3 is 5.11 Å². The minimum Gasteiger partial charge on any atom is -0.508 e. The van der Waals surface area contributed by atoms with E-state index in [0.717, 1.165) is 16.3 Å². The molecule has 1 N–H and O–H groups in total. The number of rotatable bonds is 2. The number of thiazole rings is 1. The Hall–Kier alpha value is -2.13.